The van der Waals surface area contributed by atoms with Gasteiger partial charge >= 0.3 is 5.97 Å². The van der Waals surface area contributed by atoms with E-state index < -0.39 is 5.97 Å². The van der Waals surface area contributed by atoms with Crippen molar-refractivity contribution in [1.29, 1.82) is 0 Å². The highest BCUT2D eigenvalue weighted by Gasteiger charge is 2.19. The van der Waals surface area contributed by atoms with Gasteiger partial charge in [-0.3, -0.25) is 4.79 Å². The van der Waals surface area contributed by atoms with Crippen LogP contribution in [0.25, 0.3) is 5.69 Å². The predicted molar refractivity (Wildman–Crippen MR) is 82.2 cm³/mol. The smallest absolute Gasteiger partial charge is 0.358 e. The summed E-state index contributed by atoms with van der Waals surface area (Å²) in [4.78, 5) is 23.0. The van der Waals surface area contributed by atoms with E-state index in [9.17, 15) is 9.59 Å². The van der Waals surface area contributed by atoms with Gasteiger partial charge in [-0.2, -0.15) is 0 Å². The first kappa shape index (κ1) is 16.5. The van der Waals surface area contributed by atoms with Crippen molar-refractivity contribution in [2.75, 3.05) is 13.2 Å². The Morgan fingerprint density at radius 3 is 2.65 bits per heavy atom. The highest BCUT2D eigenvalue weighted by molar-refractivity contribution is 5.95. The summed E-state index contributed by atoms with van der Waals surface area (Å²) < 4.78 is 6.95. The number of ether oxygens (including phenoxy) is 1. The maximum Gasteiger partial charge on any atom is 0.358 e. The molecule has 8 heteroatoms. The van der Waals surface area contributed by atoms with Crippen LogP contribution in [-0.4, -0.2) is 45.1 Å². The van der Waals surface area contributed by atoms with E-state index in [4.69, 9.17) is 9.84 Å². The van der Waals surface area contributed by atoms with Crippen LogP contribution >= 0.6 is 0 Å². The minimum absolute atomic E-state index is 0.125. The lowest BCUT2D eigenvalue weighted by Gasteiger charge is -2.12. The van der Waals surface area contributed by atoms with E-state index in [0.29, 0.717) is 35.8 Å². The van der Waals surface area contributed by atoms with Gasteiger partial charge < -0.3 is 15.2 Å². The molecule has 0 aliphatic carbocycles. The van der Waals surface area contributed by atoms with E-state index in [2.05, 4.69) is 15.6 Å². The normalized spacial score (nSPS) is 10.4. The SMILES string of the molecule is CCNC(=O)c1ccc(-n2nnc(C(=O)O)c2C)c(OCC)c1. The Balaban J connectivity index is 2.50. The molecular weight excluding hydrogens is 300 g/mol. The quantitative estimate of drug-likeness (QED) is 0.834. The fraction of sp³-hybridized carbons (Fsp3) is 0.333. The summed E-state index contributed by atoms with van der Waals surface area (Å²) in [6.45, 7) is 6.18. The van der Waals surface area contributed by atoms with Crippen molar-refractivity contribution in [2.45, 2.75) is 20.8 Å². The molecule has 1 aromatic carbocycles. The molecule has 0 aliphatic heterocycles. The van der Waals surface area contributed by atoms with Crippen LogP contribution in [0.4, 0.5) is 0 Å². The number of aromatic carboxylic acids is 1. The number of carboxylic acid groups (broad SMARTS) is 1. The molecule has 0 aliphatic rings. The zero-order valence-corrected chi connectivity index (χ0v) is 13.2. The number of hydrogen-bond donors (Lipinski definition) is 2. The molecule has 0 atom stereocenters. The number of nitrogens with one attached hydrogen (secondary N) is 1. The average molecular weight is 318 g/mol. The van der Waals surface area contributed by atoms with Gasteiger partial charge in [0.15, 0.2) is 5.69 Å². The lowest BCUT2D eigenvalue weighted by Crippen LogP contribution is -2.22. The van der Waals surface area contributed by atoms with Gasteiger partial charge in [0, 0.05) is 12.1 Å². The van der Waals surface area contributed by atoms with Crippen LogP contribution in [0.5, 0.6) is 5.75 Å². The molecule has 2 N–H and O–H groups in total. The molecule has 23 heavy (non-hydrogen) atoms. The van der Waals surface area contributed by atoms with Crippen LogP contribution < -0.4 is 10.1 Å². The third-order valence-corrected chi connectivity index (χ3v) is 3.18. The minimum Gasteiger partial charge on any atom is -0.492 e. The number of hydrogen-bond acceptors (Lipinski definition) is 5. The number of aromatic nitrogens is 3. The number of benzene rings is 1. The summed E-state index contributed by atoms with van der Waals surface area (Å²) in [6.07, 6.45) is 0. The van der Waals surface area contributed by atoms with Gasteiger partial charge in [-0.1, -0.05) is 5.21 Å². The van der Waals surface area contributed by atoms with E-state index in [-0.39, 0.29) is 11.6 Å². The largest absolute Gasteiger partial charge is 0.492 e. The van der Waals surface area contributed by atoms with E-state index in [1.807, 2.05) is 13.8 Å². The van der Waals surface area contributed by atoms with E-state index in [0.717, 1.165) is 0 Å². The number of amides is 1. The number of carboxylic acids is 1. The first-order chi connectivity index (χ1) is 11.0. The Kier molecular flexibility index (Phi) is 4.95. The van der Waals surface area contributed by atoms with Gasteiger partial charge in [0.2, 0.25) is 0 Å². The summed E-state index contributed by atoms with van der Waals surface area (Å²) in [6, 6.07) is 4.89. The monoisotopic (exact) mass is 318 g/mol. The second-order valence-corrected chi connectivity index (χ2v) is 4.72. The Hall–Kier alpha value is -2.90. The summed E-state index contributed by atoms with van der Waals surface area (Å²) >= 11 is 0. The van der Waals surface area contributed by atoms with Crippen LogP contribution in [0.15, 0.2) is 18.2 Å². The van der Waals surface area contributed by atoms with E-state index in [1.165, 1.54) is 4.68 Å². The standard InChI is InChI=1S/C15H18N4O4/c1-4-16-14(20)10-6-7-11(12(8-10)23-5-2)19-9(3)13(15(21)22)17-18-19/h6-8H,4-5H2,1-3H3,(H,16,20)(H,21,22). The second kappa shape index (κ2) is 6.91. The first-order valence-electron chi connectivity index (χ1n) is 7.20. The lowest BCUT2D eigenvalue weighted by molar-refractivity contribution is 0.0689. The molecule has 0 bridgehead atoms. The van der Waals surface area contributed by atoms with Gasteiger partial charge in [-0.05, 0) is 39.0 Å². The molecule has 0 unspecified atom stereocenters. The van der Waals surface area contributed by atoms with Crippen molar-refractivity contribution in [1.82, 2.24) is 20.3 Å². The first-order valence-corrected chi connectivity index (χ1v) is 7.20. The van der Waals surface area contributed by atoms with Crippen LogP contribution in [0.1, 0.15) is 40.4 Å². The molecule has 0 fully saturated rings. The van der Waals surface area contributed by atoms with Crippen molar-refractivity contribution in [2.24, 2.45) is 0 Å². The van der Waals surface area contributed by atoms with E-state index in [1.54, 1.807) is 25.1 Å². The van der Waals surface area contributed by atoms with Crippen molar-refractivity contribution in [3.63, 3.8) is 0 Å². The molecular formula is C15H18N4O4. The van der Waals surface area contributed by atoms with Gasteiger partial charge in [0.1, 0.15) is 11.4 Å². The molecule has 8 nitrogen and oxygen atoms in total. The second-order valence-electron chi connectivity index (χ2n) is 4.72. The molecule has 0 spiro atoms. The molecule has 2 rings (SSSR count). The summed E-state index contributed by atoms with van der Waals surface area (Å²) in [5, 5.41) is 19.3. The molecule has 2 aromatic rings. The molecule has 1 amide bonds. The number of carbonyl (C=O) groups is 2. The van der Waals surface area contributed by atoms with Crippen molar-refractivity contribution in [3.8, 4) is 11.4 Å². The zero-order chi connectivity index (χ0) is 17.0. The molecule has 0 radical (unpaired) electrons. The molecule has 1 heterocycles. The molecule has 122 valence electrons. The highest BCUT2D eigenvalue weighted by atomic mass is 16.5. The van der Waals surface area contributed by atoms with Gasteiger partial charge in [-0.25, -0.2) is 9.48 Å². The number of rotatable bonds is 6. The number of carbonyl (C=O) groups excluding carboxylic acids is 1. The lowest BCUT2D eigenvalue weighted by atomic mass is 10.1. The topological polar surface area (TPSA) is 106 Å². The van der Waals surface area contributed by atoms with Crippen molar-refractivity contribution < 1.29 is 19.4 Å². The minimum atomic E-state index is -1.15. The fourth-order valence-corrected chi connectivity index (χ4v) is 2.12. The van der Waals surface area contributed by atoms with Gasteiger partial charge in [0.05, 0.1) is 12.3 Å². The average Bonchev–Trinajstić information content (AvgIpc) is 2.89. The van der Waals surface area contributed by atoms with Crippen LogP contribution in [0.2, 0.25) is 0 Å². The third-order valence-electron chi connectivity index (χ3n) is 3.18. The van der Waals surface area contributed by atoms with Crippen molar-refractivity contribution in [3.05, 3.63) is 35.2 Å². The Morgan fingerprint density at radius 1 is 1.35 bits per heavy atom. The van der Waals surface area contributed by atoms with Gasteiger partial charge in [-0.15, -0.1) is 5.10 Å². The fourth-order valence-electron chi connectivity index (χ4n) is 2.12. The molecule has 0 saturated carbocycles. The Bertz CT molecular complexity index is 739. The highest BCUT2D eigenvalue weighted by Crippen LogP contribution is 2.26. The third kappa shape index (κ3) is 3.31. The summed E-state index contributed by atoms with van der Waals surface area (Å²) in [5.74, 6) is -0.923. The van der Waals surface area contributed by atoms with Gasteiger partial charge in [0.25, 0.3) is 5.91 Å². The Morgan fingerprint density at radius 2 is 2.09 bits per heavy atom. The van der Waals surface area contributed by atoms with Crippen LogP contribution in [0.3, 0.4) is 0 Å². The molecule has 1 aromatic heterocycles. The zero-order valence-electron chi connectivity index (χ0n) is 13.2. The van der Waals surface area contributed by atoms with Crippen molar-refractivity contribution >= 4 is 11.9 Å². The van der Waals surface area contributed by atoms with Crippen LogP contribution in [0, 0.1) is 6.92 Å². The summed E-state index contributed by atoms with van der Waals surface area (Å²) in [7, 11) is 0. The summed E-state index contributed by atoms with van der Waals surface area (Å²) in [5.41, 5.74) is 1.23. The predicted octanol–water partition coefficient (Wildman–Crippen LogP) is 1.42. The van der Waals surface area contributed by atoms with E-state index >= 15 is 0 Å². The maximum atomic E-state index is 11.9. The van der Waals surface area contributed by atoms with Crippen LogP contribution in [-0.2, 0) is 0 Å². The Labute approximate surface area is 133 Å². The number of nitrogens with zero attached hydrogens (tertiary/aromatic N) is 3. The molecule has 0 saturated heterocycles. The maximum absolute atomic E-state index is 11.9.